The third-order valence-corrected chi connectivity index (χ3v) is 2.76. The highest BCUT2D eigenvalue weighted by atomic mass is 19.1. The maximum absolute atomic E-state index is 12.7. The lowest BCUT2D eigenvalue weighted by atomic mass is 10.0. The minimum Gasteiger partial charge on any atom is -0.388 e. The Bertz CT molecular complexity index is 322. The van der Waals surface area contributed by atoms with Crippen molar-refractivity contribution in [1.29, 1.82) is 0 Å². The predicted molar refractivity (Wildman–Crippen MR) is 58.6 cm³/mol. The molecule has 1 aromatic rings. The molecule has 1 heterocycles. The van der Waals surface area contributed by atoms with Gasteiger partial charge in [-0.05, 0) is 24.1 Å². The quantitative estimate of drug-likeness (QED) is 0.813. The number of morpholine rings is 1. The van der Waals surface area contributed by atoms with E-state index in [2.05, 4.69) is 5.32 Å². The Morgan fingerprint density at radius 2 is 2.19 bits per heavy atom. The van der Waals surface area contributed by atoms with Gasteiger partial charge in [0.1, 0.15) is 5.82 Å². The van der Waals surface area contributed by atoms with Crippen molar-refractivity contribution in [2.75, 3.05) is 19.8 Å². The minimum atomic E-state index is -0.570. The van der Waals surface area contributed by atoms with Crippen LogP contribution in [0.3, 0.4) is 0 Å². The maximum Gasteiger partial charge on any atom is 0.123 e. The summed E-state index contributed by atoms with van der Waals surface area (Å²) in [6, 6.07) is 6.13. The van der Waals surface area contributed by atoms with Crippen molar-refractivity contribution >= 4 is 0 Å². The molecule has 2 atom stereocenters. The summed E-state index contributed by atoms with van der Waals surface area (Å²) in [6.45, 7) is 2.17. The van der Waals surface area contributed by atoms with Gasteiger partial charge in [0.2, 0.25) is 0 Å². The van der Waals surface area contributed by atoms with E-state index < -0.39 is 6.10 Å². The zero-order valence-corrected chi connectivity index (χ0v) is 9.03. The fraction of sp³-hybridized carbons (Fsp3) is 0.500. The van der Waals surface area contributed by atoms with Gasteiger partial charge >= 0.3 is 0 Å². The zero-order valence-electron chi connectivity index (χ0n) is 9.03. The van der Waals surface area contributed by atoms with Crippen molar-refractivity contribution in [1.82, 2.24) is 5.32 Å². The summed E-state index contributed by atoms with van der Waals surface area (Å²) < 4.78 is 18.0. The lowest BCUT2D eigenvalue weighted by Gasteiger charge is -2.25. The van der Waals surface area contributed by atoms with E-state index in [1.54, 1.807) is 12.1 Å². The van der Waals surface area contributed by atoms with Gasteiger partial charge in [0, 0.05) is 12.6 Å². The van der Waals surface area contributed by atoms with Gasteiger partial charge < -0.3 is 15.2 Å². The number of rotatable bonds is 3. The molecule has 16 heavy (non-hydrogen) atoms. The van der Waals surface area contributed by atoms with Crippen molar-refractivity contribution in [3.05, 3.63) is 35.6 Å². The SMILES string of the molecule is OC(CC1COCCN1)c1ccc(F)cc1. The first-order chi connectivity index (χ1) is 7.75. The summed E-state index contributed by atoms with van der Waals surface area (Å²) in [5.41, 5.74) is 0.744. The van der Waals surface area contributed by atoms with Crippen molar-refractivity contribution in [3.8, 4) is 0 Å². The second kappa shape index (κ2) is 5.39. The highest BCUT2D eigenvalue weighted by Crippen LogP contribution is 2.19. The van der Waals surface area contributed by atoms with Crippen LogP contribution in [0.25, 0.3) is 0 Å². The number of nitrogens with one attached hydrogen (secondary N) is 1. The third-order valence-electron chi connectivity index (χ3n) is 2.76. The van der Waals surface area contributed by atoms with Gasteiger partial charge in [0.25, 0.3) is 0 Å². The topological polar surface area (TPSA) is 41.5 Å². The second-order valence-electron chi connectivity index (χ2n) is 4.03. The Morgan fingerprint density at radius 3 is 2.81 bits per heavy atom. The molecule has 0 bridgehead atoms. The van der Waals surface area contributed by atoms with Crippen molar-refractivity contribution in [3.63, 3.8) is 0 Å². The van der Waals surface area contributed by atoms with Crippen LogP contribution >= 0.6 is 0 Å². The van der Waals surface area contributed by atoms with Gasteiger partial charge in [0.15, 0.2) is 0 Å². The number of benzene rings is 1. The molecule has 1 saturated heterocycles. The Morgan fingerprint density at radius 1 is 1.44 bits per heavy atom. The Labute approximate surface area is 94.2 Å². The Kier molecular flexibility index (Phi) is 3.88. The van der Waals surface area contributed by atoms with Crippen LogP contribution < -0.4 is 5.32 Å². The molecule has 1 aliphatic rings. The number of aliphatic hydroxyl groups excluding tert-OH is 1. The molecule has 3 nitrogen and oxygen atoms in total. The summed E-state index contributed by atoms with van der Waals surface area (Å²) in [6.07, 6.45) is 0.0193. The predicted octanol–water partition coefficient (Wildman–Crippen LogP) is 1.24. The molecule has 0 amide bonds. The van der Waals surface area contributed by atoms with Crippen LogP contribution in [0, 0.1) is 5.82 Å². The number of hydrogen-bond donors (Lipinski definition) is 2. The van der Waals surface area contributed by atoms with E-state index in [9.17, 15) is 9.50 Å². The molecule has 0 aromatic heterocycles. The van der Waals surface area contributed by atoms with E-state index in [-0.39, 0.29) is 11.9 Å². The molecule has 0 saturated carbocycles. The molecule has 0 spiro atoms. The molecule has 1 fully saturated rings. The lowest BCUT2D eigenvalue weighted by Crippen LogP contribution is -2.42. The van der Waals surface area contributed by atoms with E-state index in [0.29, 0.717) is 13.0 Å². The van der Waals surface area contributed by atoms with Crippen molar-refractivity contribution < 1.29 is 14.2 Å². The molecular weight excluding hydrogens is 209 g/mol. The monoisotopic (exact) mass is 225 g/mol. The van der Waals surface area contributed by atoms with Crippen molar-refractivity contribution in [2.45, 2.75) is 18.6 Å². The summed E-state index contributed by atoms with van der Waals surface area (Å²) in [4.78, 5) is 0. The van der Waals surface area contributed by atoms with E-state index >= 15 is 0 Å². The fourth-order valence-electron chi connectivity index (χ4n) is 1.86. The third kappa shape index (κ3) is 3.01. The number of hydrogen-bond acceptors (Lipinski definition) is 3. The van der Waals surface area contributed by atoms with E-state index in [1.165, 1.54) is 12.1 Å². The molecule has 0 aliphatic carbocycles. The standard InChI is InChI=1S/C12H16FNO2/c13-10-3-1-9(2-4-10)12(15)7-11-8-16-6-5-14-11/h1-4,11-12,14-15H,5-8H2. The van der Waals surface area contributed by atoms with Gasteiger partial charge in [-0.2, -0.15) is 0 Å². The van der Waals surface area contributed by atoms with Crippen molar-refractivity contribution in [2.24, 2.45) is 0 Å². The van der Waals surface area contributed by atoms with Crippen LogP contribution in [0.5, 0.6) is 0 Å². The second-order valence-corrected chi connectivity index (χ2v) is 4.03. The highest BCUT2D eigenvalue weighted by Gasteiger charge is 2.18. The van der Waals surface area contributed by atoms with Crippen LogP contribution in [0.15, 0.2) is 24.3 Å². The van der Waals surface area contributed by atoms with Crippen LogP contribution in [0.1, 0.15) is 18.1 Å². The smallest absolute Gasteiger partial charge is 0.123 e. The van der Waals surface area contributed by atoms with Crippen LogP contribution in [-0.4, -0.2) is 30.9 Å². The van der Waals surface area contributed by atoms with E-state index in [4.69, 9.17) is 4.74 Å². The van der Waals surface area contributed by atoms with E-state index in [0.717, 1.165) is 18.7 Å². The van der Waals surface area contributed by atoms with Gasteiger partial charge in [-0.15, -0.1) is 0 Å². The molecule has 1 aliphatic heterocycles. The van der Waals surface area contributed by atoms with Crippen LogP contribution in [0.4, 0.5) is 4.39 Å². The fourth-order valence-corrected chi connectivity index (χ4v) is 1.86. The molecule has 4 heteroatoms. The largest absolute Gasteiger partial charge is 0.388 e. The first kappa shape index (κ1) is 11.5. The summed E-state index contributed by atoms with van der Waals surface area (Å²) >= 11 is 0. The molecule has 2 rings (SSSR count). The molecular formula is C12H16FNO2. The Balaban J connectivity index is 1.91. The van der Waals surface area contributed by atoms with Gasteiger partial charge in [-0.3, -0.25) is 0 Å². The highest BCUT2D eigenvalue weighted by molar-refractivity contribution is 5.18. The lowest BCUT2D eigenvalue weighted by molar-refractivity contribution is 0.0519. The van der Waals surface area contributed by atoms with Gasteiger partial charge in [0.05, 0.1) is 19.3 Å². The number of halogens is 1. The molecule has 0 radical (unpaired) electrons. The summed E-state index contributed by atoms with van der Waals surface area (Å²) in [5, 5.41) is 13.2. The first-order valence-electron chi connectivity index (χ1n) is 5.50. The molecule has 1 aromatic carbocycles. The number of aliphatic hydroxyl groups is 1. The van der Waals surface area contributed by atoms with Gasteiger partial charge in [-0.25, -0.2) is 4.39 Å². The molecule has 88 valence electrons. The minimum absolute atomic E-state index is 0.175. The maximum atomic E-state index is 12.7. The average molecular weight is 225 g/mol. The Hall–Kier alpha value is -0.970. The summed E-state index contributed by atoms with van der Waals surface area (Å²) in [7, 11) is 0. The van der Waals surface area contributed by atoms with Crippen LogP contribution in [-0.2, 0) is 4.74 Å². The zero-order chi connectivity index (χ0) is 11.4. The van der Waals surface area contributed by atoms with Crippen LogP contribution in [0.2, 0.25) is 0 Å². The van der Waals surface area contributed by atoms with Gasteiger partial charge in [-0.1, -0.05) is 12.1 Å². The first-order valence-corrected chi connectivity index (χ1v) is 5.50. The molecule has 2 unspecified atom stereocenters. The normalized spacial score (nSPS) is 23.0. The number of ether oxygens (including phenoxy) is 1. The summed E-state index contributed by atoms with van der Waals surface area (Å²) in [5.74, 6) is -0.282. The van der Waals surface area contributed by atoms with E-state index in [1.807, 2.05) is 0 Å². The molecule has 2 N–H and O–H groups in total. The average Bonchev–Trinajstić information content (AvgIpc) is 2.31.